The predicted molar refractivity (Wildman–Crippen MR) is 144 cm³/mol. The number of rotatable bonds is 8. The van der Waals surface area contributed by atoms with Crippen molar-refractivity contribution in [3.63, 3.8) is 0 Å². The number of guanidine groups is 1. The number of nitrogens with one attached hydrogen (secondary N) is 1. The van der Waals surface area contributed by atoms with Crippen LogP contribution in [0.25, 0.3) is 0 Å². The van der Waals surface area contributed by atoms with Gasteiger partial charge < -0.3 is 20.0 Å². The van der Waals surface area contributed by atoms with Crippen LogP contribution in [0.2, 0.25) is 0 Å². The number of piperazine rings is 1. The van der Waals surface area contributed by atoms with E-state index >= 15 is 0 Å². The first kappa shape index (κ1) is 26.8. The molecule has 0 unspecified atom stereocenters. The monoisotopic (exact) mass is 565 g/mol. The summed E-state index contributed by atoms with van der Waals surface area (Å²) in [4.78, 5) is 32.1. The van der Waals surface area contributed by atoms with E-state index in [-0.39, 0.29) is 29.9 Å². The van der Waals surface area contributed by atoms with Gasteiger partial charge in [-0.15, -0.1) is 24.0 Å². The Labute approximate surface area is 214 Å². The van der Waals surface area contributed by atoms with E-state index in [1.165, 1.54) is 11.1 Å². The Morgan fingerprint density at radius 1 is 1.06 bits per heavy atom. The van der Waals surface area contributed by atoms with Crippen molar-refractivity contribution in [2.45, 2.75) is 33.2 Å². The molecule has 1 aromatic carbocycles. The molecule has 33 heavy (non-hydrogen) atoms. The average Bonchev–Trinajstić information content (AvgIpc) is 2.84. The Morgan fingerprint density at radius 3 is 2.30 bits per heavy atom. The van der Waals surface area contributed by atoms with Gasteiger partial charge in [0, 0.05) is 65.1 Å². The van der Waals surface area contributed by atoms with Gasteiger partial charge in [0.15, 0.2) is 5.96 Å². The largest absolute Gasteiger partial charge is 0.357 e. The minimum absolute atomic E-state index is 0. The van der Waals surface area contributed by atoms with Gasteiger partial charge in [0.1, 0.15) is 0 Å². The lowest BCUT2D eigenvalue weighted by Gasteiger charge is -2.34. The summed E-state index contributed by atoms with van der Waals surface area (Å²) in [5.41, 5.74) is 2.58. The molecule has 1 N–H and O–H groups in total. The first-order chi connectivity index (χ1) is 15.6. The molecule has 0 saturated carbocycles. The first-order valence-corrected chi connectivity index (χ1v) is 11.5. The lowest BCUT2D eigenvalue weighted by atomic mass is 10.1. The number of hydrogen-bond donors (Lipinski definition) is 1. The van der Waals surface area contributed by atoms with Crippen molar-refractivity contribution in [1.29, 1.82) is 0 Å². The van der Waals surface area contributed by atoms with Gasteiger partial charge in [-0.05, 0) is 30.5 Å². The minimum Gasteiger partial charge on any atom is -0.357 e. The second kappa shape index (κ2) is 14.0. The van der Waals surface area contributed by atoms with E-state index in [0.717, 1.165) is 44.5 Å². The Balaban J connectivity index is 0.00000385. The number of benzene rings is 1. The van der Waals surface area contributed by atoms with Crippen LogP contribution in [0.3, 0.4) is 0 Å². The normalized spacial score (nSPS) is 14.0. The van der Waals surface area contributed by atoms with E-state index in [0.29, 0.717) is 26.1 Å². The fourth-order valence-electron chi connectivity index (χ4n) is 3.72. The first-order valence-electron chi connectivity index (χ1n) is 11.5. The van der Waals surface area contributed by atoms with Crippen LogP contribution in [0.5, 0.6) is 0 Å². The smallest absolute Gasteiger partial charge is 0.225 e. The van der Waals surface area contributed by atoms with E-state index in [1.807, 2.05) is 18.0 Å². The number of carbonyl (C=O) groups excluding carboxylic acids is 1. The molecule has 8 nitrogen and oxygen atoms in total. The van der Waals surface area contributed by atoms with Gasteiger partial charge in [0.05, 0.1) is 6.54 Å². The van der Waals surface area contributed by atoms with Gasteiger partial charge in [0.25, 0.3) is 0 Å². The summed E-state index contributed by atoms with van der Waals surface area (Å²) in [6.45, 7) is 9.13. The third kappa shape index (κ3) is 8.13. The second-order valence-electron chi connectivity index (χ2n) is 7.93. The maximum Gasteiger partial charge on any atom is 0.225 e. The van der Waals surface area contributed by atoms with E-state index in [2.05, 4.69) is 63.2 Å². The van der Waals surface area contributed by atoms with Crippen LogP contribution in [0, 0.1) is 0 Å². The molecule has 0 bridgehead atoms. The number of hydrogen-bond acceptors (Lipinski definition) is 5. The molecule has 9 heteroatoms. The third-order valence-electron chi connectivity index (χ3n) is 5.60. The molecule has 2 heterocycles. The highest BCUT2D eigenvalue weighted by atomic mass is 127. The van der Waals surface area contributed by atoms with Crippen LogP contribution >= 0.6 is 24.0 Å². The summed E-state index contributed by atoms with van der Waals surface area (Å²) >= 11 is 0. The number of aliphatic imine (C=N–C) groups is 1. The van der Waals surface area contributed by atoms with Crippen molar-refractivity contribution >= 4 is 41.8 Å². The zero-order valence-corrected chi connectivity index (χ0v) is 22.2. The minimum atomic E-state index is 0. The van der Waals surface area contributed by atoms with Crippen LogP contribution in [0.1, 0.15) is 31.4 Å². The lowest BCUT2D eigenvalue weighted by Crippen LogP contribution is -2.49. The molecule has 0 atom stereocenters. The van der Waals surface area contributed by atoms with Gasteiger partial charge in [0.2, 0.25) is 11.9 Å². The molecule has 2 aromatic rings. The quantitative estimate of drug-likeness (QED) is 0.302. The van der Waals surface area contributed by atoms with Gasteiger partial charge >= 0.3 is 0 Å². The van der Waals surface area contributed by atoms with Gasteiger partial charge in [-0.25, -0.2) is 9.97 Å². The van der Waals surface area contributed by atoms with Crippen LogP contribution in [0.4, 0.5) is 5.95 Å². The maximum atomic E-state index is 12.7. The number of amides is 1. The van der Waals surface area contributed by atoms with Gasteiger partial charge in [-0.1, -0.05) is 31.2 Å². The SMILES string of the molecule is CCNC(=NCCC(=O)N1CCN(c2ncccn2)CC1)N(C)Cc1ccc(CC)cc1.I. The van der Waals surface area contributed by atoms with Crippen molar-refractivity contribution in [3.05, 3.63) is 53.9 Å². The molecule has 3 rings (SSSR count). The van der Waals surface area contributed by atoms with Crippen LogP contribution < -0.4 is 10.2 Å². The van der Waals surface area contributed by atoms with Crippen LogP contribution in [0.15, 0.2) is 47.7 Å². The standard InChI is InChI=1S/C24H35N7O.HI/c1-4-20-7-9-21(10-8-20)19-29(3)23(25-5-2)28-14-11-22(32)30-15-17-31(18-16-30)24-26-12-6-13-27-24;/h6-10,12-13H,4-5,11,14-19H2,1-3H3,(H,25,28);1H. The van der Waals surface area contributed by atoms with Crippen molar-refractivity contribution in [2.75, 3.05) is 51.2 Å². The highest BCUT2D eigenvalue weighted by molar-refractivity contribution is 14.0. The Kier molecular flexibility index (Phi) is 11.4. The topological polar surface area (TPSA) is 77.0 Å². The number of nitrogens with zero attached hydrogens (tertiary/aromatic N) is 6. The summed E-state index contributed by atoms with van der Waals surface area (Å²) in [6.07, 6.45) is 4.95. The number of aryl methyl sites for hydroxylation is 1. The van der Waals surface area contributed by atoms with Crippen molar-refractivity contribution in [1.82, 2.24) is 25.1 Å². The fourth-order valence-corrected chi connectivity index (χ4v) is 3.72. The van der Waals surface area contributed by atoms with Crippen molar-refractivity contribution < 1.29 is 4.79 Å². The number of anilines is 1. The third-order valence-corrected chi connectivity index (χ3v) is 5.60. The Hall–Kier alpha value is -2.43. The van der Waals surface area contributed by atoms with Crippen LogP contribution in [-0.4, -0.2) is 78.0 Å². The summed E-state index contributed by atoms with van der Waals surface area (Å²) < 4.78 is 0. The Morgan fingerprint density at radius 2 is 1.70 bits per heavy atom. The molecule has 1 aromatic heterocycles. The highest BCUT2D eigenvalue weighted by Crippen LogP contribution is 2.11. The molecule has 0 aliphatic carbocycles. The van der Waals surface area contributed by atoms with Crippen LogP contribution in [-0.2, 0) is 17.8 Å². The summed E-state index contributed by atoms with van der Waals surface area (Å²) in [6, 6.07) is 10.5. The molecular formula is C24H36IN7O. The van der Waals surface area contributed by atoms with E-state index < -0.39 is 0 Å². The van der Waals surface area contributed by atoms with Crippen molar-refractivity contribution in [2.24, 2.45) is 4.99 Å². The number of aromatic nitrogens is 2. The molecule has 0 spiro atoms. The highest BCUT2D eigenvalue weighted by Gasteiger charge is 2.22. The second-order valence-corrected chi connectivity index (χ2v) is 7.93. The zero-order valence-electron chi connectivity index (χ0n) is 19.9. The van der Waals surface area contributed by atoms with Crippen molar-refractivity contribution in [3.8, 4) is 0 Å². The molecule has 1 saturated heterocycles. The average molecular weight is 566 g/mol. The zero-order chi connectivity index (χ0) is 22.8. The molecule has 1 fully saturated rings. The molecule has 1 amide bonds. The van der Waals surface area contributed by atoms with E-state index in [1.54, 1.807) is 12.4 Å². The summed E-state index contributed by atoms with van der Waals surface area (Å²) in [5, 5.41) is 3.33. The molecule has 1 aliphatic heterocycles. The molecular weight excluding hydrogens is 529 g/mol. The van der Waals surface area contributed by atoms with E-state index in [9.17, 15) is 4.79 Å². The summed E-state index contributed by atoms with van der Waals surface area (Å²) in [5.74, 6) is 1.70. The predicted octanol–water partition coefficient (Wildman–Crippen LogP) is 2.79. The number of carbonyl (C=O) groups is 1. The molecule has 0 radical (unpaired) electrons. The van der Waals surface area contributed by atoms with Gasteiger partial charge in [-0.3, -0.25) is 9.79 Å². The molecule has 1 aliphatic rings. The maximum absolute atomic E-state index is 12.7. The molecule has 180 valence electrons. The lowest BCUT2D eigenvalue weighted by molar-refractivity contribution is -0.131. The van der Waals surface area contributed by atoms with E-state index in [4.69, 9.17) is 4.99 Å². The van der Waals surface area contributed by atoms with Gasteiger partial charge in [-0.2, -0.15) is 0 Å². The Bertz CT molecular complexity index is 868. The summed E-state index contributed by atoms with van der Waals surface area (Å²) in [7, 11) is 2.03. The fraction of sp³-hybridized carbons (Fsp3) is 0.500. The number of halogens is 1.